The zero-order chi connectivity index (χ0) is 20.6. The number of amides is 1. The van der Waals surface area contributed by atoms with Gasteiger partial charge in [0.2, 0.25) is 5.76 Å². The average Bonchev–Trinajstić information content (AvgIpc) is 3.10. The number of aromatic nitrogens is 1. The Morgan fingerprint density at radius 3 is 2.39 bits per heavy atom. The summed E-state index contributed by atoms with van der Waals surface area (Å²) in [5, 5.41) is 11.2. The number of nitrogens with zero attached hydrogens (tertiary/aromatic N) is 1. The molecule has 0 aromatic carbocycles. The van der Waals surface area contributed by atoms with Gasteiger partial charge in [-0.25, -0.2) is 0 Å². The third kappa shape index (κ3) is 5.03. The van der Waals surface area contributed by atoms with Crippen LogP contribution in [0.2, 0.25) is 0 Å². The van der Waals surface area contributed by atoms with Crippen LogP contribution in [-0.4, -0.2) is 42.1 Å². The predicted octanol–water partition coefficient (Wildman–Crippen LogP) is 4.82. The lowest BCUT2D eigenvalue weighted by Gasteiger charge is -2.56. The highest BCUT2D eigenvalue weighted by molar-refractivity contribution is 8.00. The van der Waals surface area contributed by atoms with Crippen LogP contribution in [0.4, 0.5) is 0 Å². The maximum Gasteiger partial charge on any atom is 0.291 e. The van der Waals surface area contributed by atoms with Crippen LogP contribution in [0, 0.1) is 17.8 Å². The number of nitrogens with one attached hydrogen (secondary N) is 2. The SMILES string of the molecule is CNCCOc1noc(C(=O)NC23CC4CC(CC(C4)C2)C3)c1SC1CCCCC1.Cl. The fraction of sp³-hybridized carbons (Fsp3) is 0.826. The van der Waals surface area contributed by atoms with Crippen molar-refractivity contribution in [2.45, 2.75) is 86.3 Å². The lowest BCUT2D eigenvalue weighted by Crippen LogP contribution is -2.59. The molecule has 174 valence electrons. The summed E-state index contributed by atoms with van der Waals surface area (Å²) in [5.74, 6) is 3.14. The first kappa shape index (κ1) is 23.2. The smallest absolute Gasteiger partial charge is 0.291 e. The molecule has 2 N–H and O–H groups in total. The van der Waals surface area contributed by atoms with Gasteiger partial charge in [-0.15, -0.1) is 24.2 Å². The van der Waals surface area contributed by atoms with E-state index in [0.717, 1.165) is 48.5 Å². The summed E-state index contributed by atoms with van der Waals surface area (Å²) in [5.41, 5.74) is -0.0292. The van der Waals surface area contributed by atoms with Crippen LogP contribution in [0.15, 0.2) is 9.42 Å². The molecular formula is C23H36ClN3O3S. The van der Waals surface area contributed by atoms with Gasteiger partial charge in [-0.3, -0.25) is 4.79 Å². The normalized spacial score (nSPS) is 32.0. The number of thioether (sulfide) groups is 1. The molecule has 6 nitrogen and oxygen atoms in total. The van der Waals surface area contributed by atoms with E-state index in [1.165, 1.54) is 51.4 Å². The Kier molecular flexibility index (Phi) is 7.44. The fourth-order valence-electron chi connectivity index (χ4n) is 6.77. The first-order valence-electron chi connectivity index (χ1n) is 11.9. The van der Waals surface area contributed by atoms with E-state index in [1.807, 2.05) is 7.05 Å². The van der Waals surface area contributed by atoms with Crippen LogP contribution in [0.3, 0.4) is 0 Å². The van der Waals surface area contributed by atoms with E-state index >= 15 is 0 Å². The first-order valence-corrected chi connectivity index (χ1v) is 12.8. The number of carbonyl (C=O) groups excluding carboxylic acids is 1. The van der Waals surface area contributed by atoms with Gasteiger partial charge in [0.15, 0.2) is 0 Å². The molecule has 8 heteroatoms. The van der Waals surface area contributed by atoms with Crippen LogP contribution in [0.5, 0.6) is 5.88 Å². The summed E-state index contributed by atoms with van der Waals surface area (Å²) in [7, 11) is 1.90. The summed E-state index contributed by atoms with van der Waals surface area (Å²) in [6, 6.07) is 0. The minimum atomic E-state index is -0.0915. The van der Waals surface area contributed by atoms with E-state index in [2.05, 4.69) is 15.8 Å². The first-order chi connectivity index (χ1) is 14.6. The number of rotatable bonds is 8. The van der Waals surface area contributed by atoms with Gasteiger partial charge in [-0.1, -0.05) is 19.3 Å². The molecule has 1 aromatic rings. The molecule has 0 aliphatic heterocycles. The molecule has 5 fully saturated rings. The molecule has 1 amide bonds. The highest BCUT2D eigenvalue weighted by Crippen LogP contribution is 2.55. The quantitative estimate of drug-likeness (QED) is 0.531. The third-order valence-electron chi connectivity index (χ3n) is 7.67. The van der Waals surface area contributed by atoms with Crippen molar-refractivity contribution < 1.29 is 14.1 Å². The van der Waals surface area contributed by atoms with Crippen molar-refractivity contribution in [2.75, 3.05) is 20.2 Å². The van der Waals surface area contributed by atoms with Gasteiger partial charge in [-0.05, 0) is 81.3 Å². The van der Waals surface area contributed by atoms with Gasteiger partial charge in [0.05, 0.1) is 0 Å². The summed E-state index contributed by atoms with van der Waals surface area (Å²) in [4.78, 5) is 14.2. The molecule has 1 heterocycles. The summed E-state index contributed by atoms with van der Waals surface area (Å²) in [6.07, 6.45) is 13.7. The lowest BCUT2D eigenvalue weighted by atomic mass is 9.53. The number of halogens is 1. The van der Waals surface area contributed by atoms with Crippen molar-refractivity contribution in [3.8, 4) is 5.88 Å². The molecule has 4 bridgehead atoms. The van der Waals surface area contributed by atoms with Crippen molar-refractivity contribution in [2.24, 2.45) is 17.8 Å². The molecule has 0 unspecified atom stereocenters. The molecular weight excluding hydrogens is 434 g/mol. The maximum atomic E-state index is 13.4. The van der Waals surface area contributed by atoms with Crippen molar-refractivity contribution in [1.29, 1.82) is 0 Å². The molecule has 5 aliphatic carbocycles. The Balaban J connectivity index is 0.00000231. The maximum absolute atomic E-state index is 13.4. The molecule has 6 rings (SSSR count). The Bertz CT molecular complexity index is 730. The lowest BCUT2D eigenvalue weighted by molar-refractivity contribution is -0.0173. The van der Waals surface area contributed by atoms with Crippen molar-refractivity contribution >= 4 is 30.1 Å². The van der Waals surface area contributed by atoms with Gasteiger partial charge < -0.3 is 19.9 Å². The highest BCUT2D eigenvalue weighted by Gasteiger charge is 2.52. The van der Waals surface area contributed by atoms with Crippen LogP contribution in [-0.2, 0) is 0 Å². The summed E-state index contributed by atoms with van der Waals surface area (Å²) in [6.45, 7) is 1.24. The highest BCUT2D eigenvalue weighted by atomic mass is 35.5. The van der Waals surface area contributed by atoms with E-state index in [9.17, 15) is 4.79 Å². The van der Waals surface area contributed by atoms with E-state index in [-0.39, 0.29) is 23.9 Å². The minimum Gasteiger partial charge on any atom is -0.473 e. The monoisotopic (exact) mass is 469 g/mol. The molecule has 0 atom stereocenters. The molecule has 1 aromatic heterocycles. The Hall–Kier alpha value is -0.920. The second kappa shape index (κ2) is 9.92. The second-order valence-electron chi connectivity index (χ2n) is 10.1. The second-order valence-corrected chi connectivity index (χ2v) is 11.4. The summed E-state index contributed by atoms with van der Waals surface area (Å²) >= 11 is 1.74. The Morgan fingerprint density at radius 1 is 1.13 bits per heavy atom. The van der Waals surface area contributed by atoms with E-state index in [1.54, 1.807) is 11.8 Å². The van der Waals surface area contributed by atoms with Gasteiger partial charge in [0.1, 0.15) is 11.5 Å². The zero-order valence-electron chi connectivity index (χ0n) is 18.5. The van der Waals surface area contributed by atoms with Crippen molar-refractivity contribution in [3.05, 3.63) is 5.76 Å². The molecule has 5 saturated carbocycles. The van der Waals surface area contributed by atoms with Crippen LogP contribution in [0.25, 0.3) is 0 Å². The van der Waals surface area contributed by atoms with Crippen LogP contribution >= 0.6 is 24.2 Å². The number of carbonyl (C=O) groups is 1. The predicted molar refractivity (Wildman–Crippen MR) is 124 cm³/mol. The number of ether oxygens (including phenoxy) is 1. The Labute approximate surface area is 195 Å². The standard InChI is InChI=1S/C23H35N3O3S.ClH/c1-24-7-8-28-22-20(30-18-5-3-2-4-6-18)19(29-26-22)21(27)25-23-12-15-9-16(13-23)11-17(10-15)14-23;/h15-18,24H,2-14H2,1H3,(H,25,27);1H. The van der Waals surface area contributed by atoms with Gasteiger partial charge >= 0.3 is 0 Å². The largest absolute Gasteiger partial charge is 0.473 e. The minimum absolute atomic E-state index is 0. The molecule has 0 spiro atoms. The fourth-order valence-corrected chi connectivity index (χ4v) is 8.10. The molecule has 31 heavy (non-hydrogen) atoms. The Morgan fingerprint density at radius 2 is 1.77 bits per heavy atom. The zero-order valence-corrected chi connectivity index (χ0v) is 20.1. The van der Waals surface area contributed by atoms with Gasteiger partial charge in [-0.2, -0.15) is 0 Å². The molecule has 5 aliphatic rings. The van der Waals surface area contributed by atoms with Crippen LogP contribution < -0.4 is 15.4 Å². The number of likely N-dealkylation sites (N-methyl/N-ethyl adjacent to an activating group) is 1. The molecule has 0 saturated heterocycles. The molecule has 0 radical (unpaired) electrons. The van der Waals surface area contributed by atoms with Gasteiger partial charge in [0, 0.05) is 17.3 Å². The third-order valence-corrected chi connectivity index (χ3v) is 9.07. The number of hydrogen-bond donors (Lipinski definition) is 2. The van der Waals surface area contributed by atoms with Crippen LogP contribution in [0.1, 0.15) is 81.2 Å². The van der Waals surface area contributed by atoms with E-state index in [4.69, 9.17) is 9.26 Å². The average molecular weight is 470 g/mol. The topological polar surface area (TPSA) is 76.4 Å². The summed E-state index contributed by atoms with van der Waals surface area (Å²) < 4.78 is 11.5. The van der Waals surface area contributed by atoms with Crippen molar-refractivity contribution in [1.82, 2.24) is 15.8 Å². The van der Waals surface area contributed by atoms with Gasteiger partial charge in [0.25, 0.3) is 11.8 Å². The van der Waals surface area contributed by atoms with E-state index in [0.29, 0.717) is 23.5 Å². The van der Waals surface area contributed by atoms with E-state index < -0.39 is 0 Å². The number of hydrogen-bond acceptors (Lipinski definition) is 6. The van der Waals surface area contributed by atoms with Crippen molar-refractivity contribution in [3.63, 3.8) is 0 Å².